The molecule has 3 N–H and O–H groups in total. The van der Waals surface area contributed by atoms with E-state index < -0.39 is 0 Å². The van der Waals surface area contributed by atoms with Crippen LogP contribution in [-0.2, 0) is 9.59 Å². The highest BCUT2D eigenvalue weighted by Gasteiger charge is 2.34. The third kappa shape index (κ3) is 3.93. The molecule has 24 heavy (non-hydrogen) atoms. The van der Waals surface area contributed by atoms with E-state index in [-0.39, 0.29) is 29.7 Å². The summed E-state index contributed by atoms with van der Waals surface area (Å²) in [4.78, 5) is 31.2. The standard InChI is InChI=1S/C18H26N4O2/c1-12-4-7-16(20-10-12)21-17(23)14-3-2-8-22(11-14)18(24)13-5-6-15(19)9-13/h4,7,10,13-15H,2-3,5-6,8-9,11,19H2,1H3,(H,20,21,23). The first-order valence-corrected chi connectivity index (χ1v) is 8.81. The van der Waals surface area contributed by atoms with E-state index in [2.05, 4.69) is 10.3 Å². The summed E-state index contributed by atoms with van der Waals surface area (Å²) >= 11 is 0. The lowest BCUT2D eigenvalue weighted by Gasteiger charge is -2.33. The Labute approximate surface area is 142 Å². The molecule has 3 unspecified atom stereocenters. The number of nitrogens with one attached hydrogen (secondary N) is 1. The third-order valence-corrected chi connectivity index (χ3v) is 5.09. The Bertz CT molecular complexity index is 602. The molecule has 1 aliphatic heterocycles. The normalized spacial score (nSPS) is 27.1. The molecule has 130 valence electrons. The lowest BCUT2D eigenvalue weighted by atomic mass is 9.95. The fourth-order valence-electron chi connectivity index (χ4n) is 3.66. The van der Waals surface area contributed by atoms with Crippen molar-refractivity contribution in [2.24, 2.45) is 17.6 Å². The number of carbonyl (C=O) groups excluding carboxylic acids is 2. The molecule has 6 heteroatoms. The van der Waals surface area contributed by atoms with Gasteiger partial charge in [-0.05, 0) is 50.7 Å². The van der Waals surface area contributed by atoms with Gasteiger partial charge >= 0.3 is 0 Å². The van der Waals surface area contributed by atoms with E-state index in [1.165, 1.54) is 0 Å². The van der Waals surface area contributed by atoms with Gasteiger partial charge in [0.05, 0.1) is 5.92 Å². The molecule has 3 atom stereocenters. The molecule has 1 aromatic rings. The average Bonchev–Trinajstić information content (AvgIpc) is 3.03. The van der Waals surface area contributed by atoms with Crippen molar-refractivity contribution in [1.29, 1.82) is 0 Å². The van der Waals surface area contributed by atoms with Gasteiger partial charge in [0.2, 0.25) is 11.8 Å². The fourth-order valence-corrected chi connectivity index (χ4v) is 3.66. The zero-order chi connectivity index (χ0) is 17.1. The maximum Gasteiger partial charge on any atom is 0.230 e. The number of anilines is 1. The lowest BCUT2D eigenvalue weighted by molar-refractivity contribution is -0.138. The van der Waals surface area contributed by atoms with Crippen LogP contribution in [-0.4, -0.2) is 40.8 Å². The summed E-state index contributed by atoms with van der Waals surface area (Å²) in [6.07, 6.45) is 5.98. The van der Waals surface area contributed by atoms with Gasteiger partial charge in [0.25, 0.3) is 0 Å². The molecule has 2 amide bonds. The van der Waals surface area contributed by atoms with Crippen LogP contribution in [0.2, 0.25) is 0 Å². The van der Waals surface area contributed by atoms with Gasteiger partial charge in [0.15, 0.2) is 0 Å². The SMILES string of the molecule is Cc1ccc(NC(=O)C2CCCN(C(=O)C3CCC(N)C3)C2)nc1. The fraction of sp³-hybridized carbons (Fsp3) is 0.611. The number of likely N-dealkylation sites (tertiary alicyclic amines) is 1. The number of nitrogens with two attached hydrogens (primary N) is 1. The quantitative estimate of drug-likeness (QED) is 0.883. The number of amides is 2. The monoisotopic (exact) mass is 330 g/mol. The molecule has 2 fully saturated rings. The topological polar surface area (TPSA) is 88.3 Å². The Balaban J connectivity index is 1.57. The maximum atomic E-state index is 12.6. The van der Waals surface area contributed by atoms with Crippen molar-refractivity contribution in [3.05, 3.63) is 23.9 Å². The van der Waals surface area contributed by atoms with Crippen LogP contribution in [0.15, 0.2) is 18.3 Å². The summed E-state index contributed by atoms with van der Waals surface area (Å²) in [6.45, 7) is 3.21. The van der Waals surface area contributed by atoms with Gasteiger partial charge in [-0.15, -0.1) is 0 Å². The second-order valence-electron chi connectivity index (χ2n) is 7.10. The van der Waals surface area contributed by atoms with Crippen LogP contribution in [0.25, 0.3) is 0 Å². The Hall–Kier alpha value is -1.95. The van der Waals surface area contributed by atoms with Crippen molar-refractivity contribution in [2.45, 2.75) is 45.1 Å². The zero-order valence-electron chi connectivity index (χ0n) is 14.2. The van der Waals surface area contributed by atoms with Crippen molar-refractivity contribution in [3.8, 4) is 0 Å². The summed E-state index contributed by atoms with van der Waals surface area (Å²) in [5.41, 5.74) is 6.98. The summed E-state index contributed by atoms with van der Waals surface area (Å²) < 4.78 is 0. The second-order valence-corrected chi connectivity index (χ2v) is 7.10. The Morgan fingerprint density at radius 2 is 2.08 bits per heavy atom. The first-order valence-electron chi connectivity index (χ1n) is 8.81. The molecular weight excluding hydrogens is 304 g/mol. The highest BCUT2D eigenvalue weighted by atomic mass is 16.2. The molecule has 3 rings (SSSR count). The molecule has 2 heterocycles. The molecule has 0 spiro atoms. The first kappa shape index (κ1) is 16.9. The summed E-state index contributed by atoms with van der Waals surface area (Å²) in [5, 5.41) is 2.87. The third-order valence-electron chi connectivity index (χ3n) is 5.09. The number of hydrogen-bond acceptors (Lipinski definition) is 4. The van der Waals surface area contributed by atoms with Gasteiger partial charge < -0.3 is 16.0 Å². The number of nitrogens with zero attached hydrogens (tertiary/aromatic N) is 2. The molecule has 0 radical (unpaired) electrons. The first-order chi connectivity index (χ1) is 11.5. The van der Waals surface area contributed by atoms with Crippen LogP contribution in [0.3, 0.4) is 0 Å². The van der Waals surface area contributed by atoms with Crippen LogP contribution < -0.4 is 11.1 Å². The van der Waals surface area contributed by atoms with Gasteiger partial charge in [-0.25, -0.2) is 4.98 Å². The number of aromatic nitrogens is 1. The van der Waals surface area contributed by atoms with Gasteiger partial charge in [0.1, 0.15) is 5.82 Å². The van der Waals surface area contributed by atoms with Crippen molar-refractivity contribution in [2.75, 3.05) is 18.4 Å². The predicted molar refractivity (Wildman–Crippen MR) is 92.2 cm³/mol. The van der Waals surface area contributed by atoms with Gasteiger partial charge in [-0.1, -0.05) is 6.07 Å². The van der Waals surface area contributed by atoms with E-state index in [1.54, 1.807) is 12.3 Å². The van der Waals surface area contributed by atoms with Gasteiger partial charge in [-0.3, -0.25) is 9.59 Å². The molecular formula is C18H26N4O2. The second kappa shape index (κ2) is 7.30. The molecule has 1 aromatic heterocycles. The molecule has 1 saturated heterocycles. The molecule has 0 bridgehead atoms. The van der Waals surface area contributed by atoms with Crippen molar-refractivity contribution in [3.63, 3.8) is 0 Å². The summed E-state index contributed by atoms with van der Waals surface area (Å²) in [7, 11) is 0. The molecule has 2 aliphatic rings. The van der Waals surface area contributed by atoms with Crippen LogP contribution in [0.1, 0.15) is 37.7 Å². The van der Waals surface area contributed by atoms with Gasteiger partial charge in [-0.2, -0.15) is 0 Å². The number of piperidine rings is 1. The molecule has 1 aliphatic carbocycles. The molecule has 1 saturated carbocycles. The van der Waals surface area contributed by atoms with E-state index >= 15 is 0 Å². The van der Waals surface area contributed by atoms with E-state index in [0.29, 0.717) is 12.4 Å². The Morgan fingerprint density at radius 3 is 2.75 bits per heavy atom. The lowest BCUT2D eigenvalue weighted by Crippen LogP contribution is -2.45. The Kier molecular flexibility index (Phi) is 5.14. The highest BCUT2D eigenvalue weighted by molar-refractivity contribution is 5.92. The minimum Gasteiger partial charge on any atom is -0.342 e. The number of aryl methyl sites for hydroxylation is 1. The van der Waals surface area contributed by atoms with Crippen LogP contribution >= 0.6 is 0 Å². The molecule has 6 nitrogen and oxygen atoms in total. The predicted octanol–water partition coefficient (Wildman–Crippen LogP) is 1.69. The van der Waals surface area contributed by atoms with Gasteiger partial charge in [0, 0.05) is 31.2 Å². The summed E-state index contributed by atoms with van der Waals surface area (Å²) in [6, 6.07) is 3.87. The maximum absolute atomic E-state index is 12.6. The number of carbonyl (C=O) groups is 2. The van der Waals surface area contributed by atoms with Crippen molar-refractivity contribution >= 4 is 17.6 Å². The minimum atomic E-state index is -0.166. The van der Waals surface area contributed by atoms with E-state index in [1.807, 2.05) is 17.9 Å². The molecule has 0 aromatic carbocycles. The Morgan fingerprint density at radius 1 is 1.25 bits per heavy atom. The number of rotatable bonds is 3. The smallest absolute Gasteiger partial charge is 0.230 e. The van der Waals surface area contributed by atoms with Crippen molar-refractivity contribution < 1.29 is 9.59 Å². The van der Waals surface area contributed by atoms with E-state index in [4.69, 9.17) is 5.73 Å². The number of hydrogen-bond donors (Lipinski definition) is 2. The van der Waals surface area contributed by atoms with E-state index in [9.17, 15) is 9.59 Å². The zero-order valence-corrected chi connectivity index (χ0v) is 14.2. The van der Waals surface area contributed by atoms with Crippen LogP contribution in [0.4, 0.5) is 5.82 Å². The average molecular weight is 330 g/mol. The van der Waals surface area contributed by atoms with E-state index in [0.717, 1.165) is 44.2 Å². The minimum absolute atomic E-state index is 0.0422. The van der Waals surface area contributed by atoms with Crippen molar-refractivity contribution in [1.82, 2.24) is 9.88 Å². The van der Waals surface area contributed by atoms with Crippen LogP contribution in [0, 0.1) is 18.8 Å². The van der Waals surface area contributed by atoms with Crippen LogP contribution in [0.5, 0.6) is 0 Å². The number of pyridine rings is 1. The summed E-state index contributed by atoms with van der Waals surface area (Å²) in [5.74, 6) is 0.568. The largest absolute Gasteiger partial charge is 0.342 e. The highest BCUT2D eigenvalue weighted by Crippen LogP contribution is 2.28.